The van der Waals surface area contributed by atoms with E-state index in [1.165, 1.54) is 89.9 Å². The number of hydrogen-bond acceptors (Lipinski definition) is 7. The first-order valence-corrected chi connectivity index (χ1v) is 17.4. The Kier molecular flexibility index (Phi) is 14.2. The molecule has 4 fully saturated rings. The van der Waals surface area contributed by atoms with E-state index in [4.69, 9.17) is 23.7 Å². The van der Waals surface area contributed by atoms with Crippen LogP contribution < -0.4 is 0 Å². The monoisotopic (exact) mass is 578 g/mol. The molecule has 0 N–H and O–H groups in total. The molecule has 8 unspecified atom stereocenters. The zero-order valence-corrected chi connectivity index (χ0v) is 26.0. The Morgan fingerprint density at radius 1 is 0.512 bits per heavy atom. The fourth-order valence-corrected chi connectivity index (χ4v) is 6.69. The molecule has 3 heterocycles. The van der Waals surface area contributed by atoms with E-state index in [0.717, 1.165) is 25.7 Å². The molecule has 41 heavy (non-hydrogen) atoms. The van der Waals surface area contributed by atoms with Crippen LogP contribution in [0.5, 0.6) is 0 Å². The molecule has 4 aliphatic rings. The Labute approximate surface area is 249 Å². The number of rotatable bonds is 24. The standard InChI is InChI=1S/C34H58O7/c1-3-5-7-9-11-13-15-17-27-29(39-27)19-21-37-33(35)25-23-31-32(41-31)24-26(25)34(36)38-22-20-30-28(40-30)18-16-14-12-10-8-6-4-2/h25-32H,3-24H2,1-2H3. The summed E-state index contributed by atoms with van der Waals surface area (Å²) in [5.41, 5.74) is 0. The van der Waals surface area contributed by atoms with Crippen molar-refractivity contribution in [1.82, 2.24) is 0 Å². The highest BCUT2D eigenvalue weighted by atomic mass is 16.6. The predicted octanol–water partition coefficient (Wildman–Crippen LogP) is 7.46. The summed E-state index contributed by atoms with van der Waals surface area (Å²) >= 11 is 0. The second-order valence-corrected chi connectivity index (χ2v) is 13.1. The van der Waals surface area contributed by atoms with E-state index in [0.29, 0.717) is 38.3 Å². The number of esters is 2. The second-order valence-electron chi connectivity index (χ2n) is 13.1. The van der Waals surface area contributed by atoms with E-state index in [2.05, 4.69) is 13.8 Å². The van der Waals surface area contributed by atoms with Gasteiger partial charge in [0.1, 0.15) is 0 Å². The van der Waals surface area contributed by atoms with Crippen LogP contribution in [0.25, 0.3) is 0 Å². The summed E-state index contributed by atoms with van der Waals surface area (Å²) in [6, 6.07) is 0. The van der Waals surface area contributed by atoms with Crippen molar-refractivity contribution < 1.29 is 33.3 Å². The van der Waals surface area contributed by atoms with Crippen LogP contribution in [0, 0.1) is 11.8 Å². The van der Waals surface area contributed by atoms with Gasteiger partial charge in [0.05, 0.1) is 61.7 Å². The number of ether oxygens (including phenoxy) is 5. The van der Waals surface area contributed by atoms with Gasteiger partial charge in [0, 0.05) is 12.8 Å². The summed E-state index contributed by atoms with van der Waals surface area (Å²) in [7, 11) is 0. The van der Waals surface area contributed by atoms with Crippen molar-refractivity contribution in [2.45, 2.75) is 179 Å². The van der Waals surface area contributed by atoms with Gasteiger partial charge in [-0.15, -0.1) is 0 Å². The van der Waals surface area contributed by atoms with Crippen LogP contribution in [-0.2, 0) is 33.3 Å². The van der Waals surface area contributed by atoms with Crippen LogP contribution in [0.2, 0.25) is 0 Å². The van der Waals surface area contributed by atoms with Gasteiger partial charge < -0.3 is 23.7 Å². The third-order valence-corrected chi connectivity index (χ3v) is 9.60. The summed E-state index contributed by atoms with van der Waals surface area (Å²) in [6.45, 7) is 5.20. The average molecular weight is 579 g/mol. The zero-order chi connectivity index (χ0) is 28.9. The molecule has 7 nitrogen and oxygen atoms in total. The number of carbonyl (C=O) groups excluding carboxylic acids is 2. The first kappa shape index (κ1) is 32.7. The van der Waals surface area contributed by atoms with Gasteiger partial charge in [0.25, 0.3) is 0 Å². The van der Waals surface area contributed by atoms with Crippen molar-refractivity contribution in [2.75, 3.05) is 13.2 Å². The maximum atomic E-state index is 13.0. The van der Waals surface area contributed by atoms with Gasteiger partial charge in [-0.2, -0.15) is 0 Å². The molecule has 236 valence electrons. The van der Waals surface area contributed by atoms with Crippen LogP contribution in [0.1, 0.15) is 142 Å². The van der Waals surface area contributed by atoms with Crippen LogP contribution in [0.4, 0.5) is 0 Å². The van der Waals surface area contributed by atoms with E-state index in [1.54, 1.807) is 0 Å². The molecule has 0 radical (unpaired) electrons. The van der Waals surface area contributed by atoms with Gasteiger partial charge in [-0.3, -0.25) is 9.59 Å². The molecule has 0 spiro atoms. The Bertz CT molecular complexity index is 710. The van der Waals surface area contributed by atoms with E-state index in [9.17, 15) is 9.59 Å². The van der Waals surface area contributed by atoms with Crippen molar-refractivity contribution in [3.8, 4) is 0 Å². The minimum Gasteiger partial charge on any atom is -0.465 e. The number of carbonyl (C=O) groups is 2. The summed E-state index contributed by atoms with van der Waals surface area (Å²) in [5, 5.41) is 0. The lowest BCUT2D eigenvalue weighted by Crippen LogP contribution is -2.38. The lowest BCUT2D eigenvalue weighted by molar-refractivity contribution is -0.162. The van der Waals surface area contributed by atoms with Gasteiger partial charge in [0.2, 0.25) is 0 Å². The van der Waals surface area contributed by atoms with Gasteiger partial charge in [-0.25, -0.2) is 0 Å². The van der Waals surface area contributed by atoms with Crippen LogP contribution >= 0.6 is 0 Å². The molecule has 0 amide bonds. The van der Waals surface area contributed by atoms with Gasteiger partial charge in [0.15, 0.2) is 0 Å². The predicted molar refractivity (Wildman–Crippen MR) is 159 cm³/mol. The van der Waals surface area contributed by atoms with Crippen molar-refractivity contribution in [2.24, 2.45) is 11.8 Å². The molecular weight excluding hydrogens is 520 g/mol. The van der Waals surface area contributed by atoms with Gasteiger partial charge in [-0.1, -0.05) is 104 Å². The summed E-state index contributed by atoms with van der Waals surface area (Å²) in [5.74, 6) is -1.52. The number of unbranched alkanes of at least 4 members (excludes halogenated alkanes) is 12. The quantitative estimate of drug-likeness (QED) is 0.0667. The van der Waals surface area contributed by atoms with Crippen molar-refractivity contribution in [3.63, 3.8) is 0 Å². The third-order valence-electron chi connectivity index (χ3n) is 9.60. The SMILES string of the molecule is CCCCCCCCCC1OC1CCOC(=O)C1CC2OC2CC1C(=O)OCCC1OC1CCCCCCCCC. The lowest BCUT2D eigenvalue weighted by atomic mass is 9.79. The molecule has 1 saturated carbocycles. The summed E-state index contributed by atoms with van der Waals surface area (Å²) in [6.07, 6.45) is 24.3. The smallest absolute Gasteiger partial charge is 0.309 e. The molecule has 4 rings (SSSR count). The summed E-state index contributed by atoms with van der Waals surface area (Å²) in [4.78, 5) is 25.9. The van der Waals surface area contributed by atoms with E-state index >= 15 is 0 Å². The first-order chi connectivity index (χ1) is 20.1. The molecule has 3 saturated heterocycles. The van der Waals surface area contributed by atoms with Crippen molar-refractivity contribution in [3.05, 3.63) is 0 Å². The number of epoxide rings is 3. The normalized spacial score (nSPS) is 31.4. The molecule has 0 bridgehead atoms. The molecular formula is C34H58O7. The molecule has 8 atom stereocenters. The topological polar surface area (TPSA) is 90.2 Å². The Morgan fingerprint density at radius 2 is 0.878 bits per heavy atom. The van der Waals surface area contributed by atoms with E-state index in [-0.39, 0.29) is 36.4 Å². The Morgan fingerprint density at radius 3 is 1.29 bits per heavy atom. The Balaban J connectivity index is 1.03. The van der Waals surface area contributed by atoms with Crippen molar-refractivity contribution >= 4 is 11.9 Å². The van der Waals surface area contributed by atoms with E-state index in [1.807, 2.05) is 0 Å². The molecule has 3 aliphatic heterocycles. The molecule has 0 aromatic rings. The largest absolute Gasteiger partial charge is 0.465 e. The summed E-state index contributed by atoms with van der Waals surface area (Å²) < 4.78 is 28.6. The third kappa shape index (κ3) is 11.8. The molecule has 1 aliphatic carbocycles. The minimum absolute atomic E-state index is 0.0852. The maximum Gasteiger partial charge on any atom is 0.309 e. The van der Waals surface area contributed by atoms with Crippen molar-refractivity contribution in [1.29, 1.82) is 0 Å². The molecule has 0 aromatic carbocycles. The van der Waals surface area contributed by atoms with Gasteiger partial charge >= 0.3 is 11.9 Å². The Hall–Kier alpha value is -1.18. The second kappa shape index (κ2) is 17.8. The van der Waals surface area contributed by atoms with Crippen LogP contribution in [0.15, 0.2) is 0 Å². The molecule has 0 aromatic heterocycles. The molecule has 7 heteroatoms. The van der Waals surface area contributed by atoms with Crippen LogP contribution in [-0.4, -0.2) is 61.8 Å². The number of fused-ring (bicyclic) bond motifs is 1. The highest BCUT2D eigenvalue weighted by Crippen LogP contribution is 2.44. The zero-order valence-electron chi connectivity index (χ0n) is 26.0. The fraction of sp³-hybridized carbons (Fsp3) is 0.941. The lowest BCUT2D eigenvalue weighted by Gasteiger charge is -2.26. The van der Waals surface area contributed by atoms with Gasteiger partial charge in [-0.05, 0) is 25.7 Å². The van der Waals surface area contributed by atoms with Crippen LogP contribution in [0.3, 0.4) is 0 Å². The fourth-order valence-electron chi connectivity index (χ4n) is 6.69. The first-order valence-electron chi connectivity index (χ1n) is 17.4. The highest BCUT2D eigenvalue weighted by Gasteiger charge is 2.54. The maximum absolute atomic E-state index is 13.0. The van der Waals surface area contributed by atoms with E-state index < -0.39 is 11.8 Å². The highest BCUT2D eigenvalue weighted by molar-refractivity contribution is 5.82. The minimum atomic E-state index is -0.475. The average Bonchev–Trinajstić information content (AvgIpc) is 3.88. The number of hydrogen-bond donors (Lipinski definition) is 0.